The molecule has 42 heavy (non-hydrogen) atoms. The Morgan fingerprint density at radius 3 is 2.48 bits per heavy atom. The molecule has 1 aliphatic rings. The van der Waals surface area contributed by atoms with E-state index < -0.39 is 34.9 Å². The minimum absolute atomic E-state index is 0.00156. The lowest BCUT2D eigenvalue weighted by Crippen LogP contribution is -2.55. The Hall–Kier alpha value is -3.71. The van der Waals surface area contributed by atoms with Gasteiger partial charge in [0.25, 0.3) is 5.56 Å². The van der Waals surface area contributed by atoms with Gasteiger partial charge in [-0.3, -0.25) is 9.36 Å². The Kier molecular flexibility index (Phi) is 10.9. The van der Waals surface area contributed by atoms with Crippen LogP contribution in [-0.2, 0) is 25.6 Å². The highest BCUT2D eigenvalue weighted by atomic mass is 19.1. The fourth-order valence-electron chi connectivity index (χ4n) is 4.27. The Bertz CT molecular complexity index is 1390. The summed E-state index contributed by atoms with van der Waals surface area (Å²) < 4.78 is 39.1. The second kappa shape index (κ2) is 14.0. The topological polar surface area (TPSA) is 123 Å². The van der Waals surface area contributed by atoms with Crippen LogP contribution in [0.4, 0.5) is 9.18 Å². The number of carbonyl (C=O) groups excluding carboxylic acids is 1. The number of hydrogen-bond acceptors (Lipinski definition) is 9. The zero-order valence-electron chi connectivity index (χ0n) is 25.5. The van der Waals surface area contributed by atoms with Gasteiger partial charge in [0.1, 0.15) is 29.4 Å². The molecule has 1 unspecified atom stereocenters. The van der Waals surface area contributed by atoms with Gasteiger partial charge in [0.05, 0.1) is 31.0 Å². The van der Waals surface area contributed by atoms with Crippen LogP contribution in [0.25, 0.3) is 0 Å². The van der Waals surface area contributed by atoms with E-state index in [1.807, 2.05) is 0 Å². The van der Waals surface area contributed by atoms with Gasteiger partial charge in [-0.25, -0.2) is 19.0 Å². The predicted molar refractivity (Wildman–Crippen MR) is 154 cm³/mol. The highest BCUT2D eigenvalue weighted by molar-refractivity contribution is 5.97. The number of benzene rings is 1. The fraction of sp³-hybridized carbons (Fsp3) is 0.586. The smallest absolute Gasteiger partial charge is 0.429 e. The monoisotopic (exact) mass is 592 g/mol. The number of ether oxygens (including phenoxy) is 4. The van der Waals surface area contributed by atoms with E-state index in [9.17, 15) is 18.8 Å². The first-order valence-electron chi connectivity index (χ1n) is 13.8. The molecule has 1 fully saturated rings. The van der Waals surface area contributed by atoms with Gasteiger partial charge in [-0.1, -0.05) is 5.16 Å². The molecule has 1 amide bonds. The zero-order chi connectivity index (χ0) is 31.2. The number of carbonyl (C=O) groups is 1. The molecule has 232 valence electrons. The molecule has 1 aromatic heterocycles. The van der Waals surface area contributed by atoms with E-state index in [0.717, 1.165) is 5.01 Å². The molecule has 0 saturated carbocycles. The second-order valence-corrected chi connectivity index (χ2v) is 11.3. The van der Waals surface area contributed by atoms with Crippen molar-refractivity contribution in [2.24, 2.45) is 5.16 Å². The maximum atomic E-state index is 14.5. The first-order valence-corrected chi connectivity index (χ1v) is 13.8. The lowest BCUT2D eigenvalue weighted by molar-refractivity contribution is -0.0757. The van der Waals surface area contributed by atoms with E-state index in [1.54, 1.807) is 41.5 Å². The number of methoxy groups -OCH3 is 1. The number of nitrogens with zero attached hydrogens (tertiary/aromatic N) is 4. The van der Waals surface area contributed by atoms with E-state index in [0.29, 0.717) is 42.0 Å². The number of oxime groups is 1. The lowest BCUT2D eigenvalue weighted by Gasteiger charge is -2.30. The van der Waals surface area contributed by atoms with Gasteiger partial charge in [-0.05, 0) is 72.6 Å². The van der Waals surface area contributed by atoms with Crippen molar-refractivity contribution in [3.05, 3.63) is 62.2 Å². The predicted octanol–water partition coefficient (Wildman–Crippen LogP) is 3.75. The van der Waals surface area contributed by atoms with Crippen molar-refractivity contribution in [2.75, 3.05) is 32.4 Å². The quantitative estimate of drug-likeness (QED) is 0.302. The molecule has 2 aromatic rings. The highest BCUT2D eigenvalue weighted by Crippen LogP contribution is 2.32. The molecular formula is C29H41FN4O8. The summed E-state index contributed by atoms with van der Waals surface area (Å²) in [6.07, 6.45) is 0.256. The molecule has 1 saturated heterocycles. The molecule has 1 aromatic carbocycles. The Morgan fingerprint density at radius 1 is 1.21 bits per heavy atom. The van der Waals surface area contributed by atoms with Crippen LogP contribution in [0.5, 0.6) is 5.75 Å². The van der Waals surface area contributed by atoms with Crippen molar-refractivity contribution < 1.29 is 33.0 Å². The number of aromatic nitrogens is 2. The van der Waals surface area contributed by atoms with E-state index in [4.69, 9.17) is 23.8 Å². The molecule has 0 spiro atoms. The van der Waals surface area contributed by atoms with Gasteiger partial charge in [0.15, 0.2) is 0 Å². The molecular weight excluding hydrogens is 551 g/mol. The van der Waals surface area contributed by atoms with Crippen molar-refractivity contribution in [2.45, 2.75) is 84.8 Å². The zero-order valence-corrected chi connectivity index (χ0v) is 25.5. The minimum Gasteiger partial charge on any atom is -0.496 e. The third-order valence-corrected chi connectivity index (χ3v) is 6.31. The molecule has 1 atom stereocenters. The third kappa shape index (κ3) is 8.41. The van der Waals surface area contributed by atoms with Crippen molar-refractivity contribution in [1.29, 1.82) is 0 Å². The van der Waals surface area contributed by atoms with Gasteiger partial charge >= 0.3 is 11.8 Å². The van der Waals surface area contributed by atoms with Crippen LogP contribution in [0.3, 0.4) is 0 Å². The van der Waals surface area contributed by atoms with E-state index in [2.05, 4.69) is 5.16 Å². The van der Waals surface area contributed by atoms with E-state index in [-0.39, 0.29) is 30.0 Å². The van der Waals surface area contributed by atoms with Crippen molar-refractivity contribution in [1.82, 2.24) is 9.24 Å². The fourth-order valence-corrected chi connectivity index (χ4v) is 4.27. The summed E-state index contributed by atoms with van der Waals surface area (Å²) in [5, 5.41) is 4.85. The Balaban J connectivity index is 2.19. The molecule has 0 bridgehead atoms. The molecule has 1 aliphatic heterocycles. The van der Waals surface area contributed by atoms with E-state index in [1.165, 1.54) is 43.1 Å². The lowest BCUT2D eigenvalue weighted by atomic mass is 10.1. The summed E-state index contributed by atoms with van der Waals surface area (Å²) in [7, 11) is 2.71. The summed E-state index contributed by atoms with van der Waals surface area (Å²) in [5.74, 6) is -0.146. The summed E-state index contributed by atoms with van der Waals surface area (Å²) in [6.45, 7) is 11.0. The van der Waals surface area contributed by atoms with Gasteiger partial charge in [0.2, 0.25) is 0 Å². The van der Waals surface area contributed by atoms with Crippen LogP contribution in [0.15, 0.2) is 39.1 Å². The first-order chi connectivity index (χ1) is 19.7. The normalized spacial score (nSPS) is 15.4. The van der Waals surface area contributed by atoms with Gasteiger partial charge in [-0.15, -0.1) is 0 Å². The number of rotatable bonds is 10. The molecule has 0 N–H and O–H groups in total. The van der Waals surface area contributed by atoms with Crippen LogP contribution < -0.4 is 21.0 Å². The second-order valence-electron chi connectivity index (χ2n) is 11.3. The highest BCUT2D eigenvalue weighted by Gasteiger charge is 2.29. The maximum Gasteiger partial charge on any atom is 0.429 e. The summed E-state index contributed by atoms with van der Waals surface area (Å²) in [6, 6.07) is 4.04. The minimum atomic E-state index is -0.916. The third-order valence-electron chi connectivity index (χ3n) is 6.31. The van der Waals surface area contributed by atoms with Crippen LogP contribution in [0, 0.1) is 5.82 Å². The first kappa shape index (κ1) is 32.8. The van der Waals surface area contributed by atoms with Crippen LogP contribution in [-0.4, -0.2) is 66.2 Å². The molecule has 12 nitrogen and oxygen atoms in total. The van der Waals surface area contributed by atoms with E-state index >= 15 is 0 Å². The molecule has 0 radical (unpaired) electrons. The maximum absolute atomic E-state index is 14.5. The van der Waals surface area contributed by atoms with Crippen LogP contribution >= 0.6 is 0 Å². The van der Waals surface area contributed by atoms with Crippen molar-refractivity contribution in [3.8, 4) is 5.75 Å². The summed E-state index contributed by atoms with van der Waals surface area (Å²) in [4.78, 5) is 45.7. The van der Waals surface area contributed by atoms with Gasteiger partial charge in [0, 0.05) is 32.0 Å². The Morgan fingerprint density at radius 2 is 1.88 bits per heavy atom. The van der Waals surface area contributed by atoms with Crippen molar-refractivity contribution >= 4 is 11.8 Å². The standard InChI is InChI=1S/C29H41FN4O8/c1-18(2)42-31-19(3)23-16-33(27(36)34(26(23)35)32(7)28(37)41-29(4,5)6)17-25(40-21-11-13-39-14-12-21)22-15-20(30)9-10-24(22)38-8/h9-10,15-16,18,21,25H,11-14,17H2,1-8H3/b31-19+. The van der Waals surface area contributed by atoms with Gasteiger partial charge < -0.3 is 23.8 Å². The number of halogens is 1. The van der Waals surface area contributed by atoms with Gasteiger partial charge in [-0.2, -0.15) is 4.68 Å². The molecule has 3 rings (SSSR count). The number of hydrogen-bond donors (Lipinski definition) is 0. The average molecular weight is 593 g/mol. The van der Waals surface area contributed by atoms with Crippen LogP contribution in [0.2, 0.25) is 0 Å². The SMILES string of the molecule is COc1ccc(F)cc1C(Cn1cc(/C(C)=N/OC(C)C)c(=O)n(N(C)C(=O)OC(C)(C)C)c1=O)OC1CCOCC1. The molecule has 13 heteroatoms. The van der Waals surface area contributed by atoms with Crippen molar-refractivity contribution in [3.63, 3.8) is 0 Å². The summed E-state index contributed by atoms with van der Waals surface area (Å²) >= 11 is 0. The molecule has 2 heterocycles. The largest absolute Gasteiger partial charge is 0.496 e. The number of amides is 1. The Labute approximate surface area is 244 Å². The average Bonchev–Trinajstić information content (AvgIpc) is 2.92. The van der Waals surface area contributed by atoms with Crippen LogP contribution in [0.1, 0.15) is 71.6 Å². The summed E-state index contributed by atoms with van der Waals surface area (Å²) in [5.41, 5.74) is -1.97. The molecule has 0 aliphatic carbocycles.